The molecule has 3 aromatic carbocycles. The van der Waals surface area contributed by atoms with Crippen molar-refractivity contribution in [3.05, 3.63) is 102 Å². The van der Waals surface area contributed by atoms with Gasteiger partial charge in [0.1, 0.15) is 6.10 Å². The van der Waals surface area contributed by atoms with Gasteiger partial charge in [0.05, 0.1) is 18.1 Å². The molecule has 0 bridgehead atoms. The van der Waals surface area contributed by atoms with Gasteiger partial charge in [-0.1, -0.05) is 78.9 Å². The van der Waals surface area contributed by atoms with Crippen LogP contribution >= 0.6 is 0 Å². The zero-order valence-electron chi connectivity index (χ0n) is 19.5. The first-order valence-corrected chi connectivity index (χ1v) is 12.5. The first-order valence-electron chi connectivity index (χ1n) is 11.0. The maximum absolute atomic E-state index is 13.0. The quantitative estimate of drug-likeness (QED) is 0.278. The molecule has 10 heteroatoms. The molecule has 0 radical (unpaired) electrons. The van der Waals surface area contributed by atoms with Gasteiger partial charge < -0.3 is 29.9 Å². The fourth-order valence-corrected chi connectivity index (χ4v) is 4.66. The third-order valence-corrected chi connectivity index (χ3v) is 7.24. The molecular formula is C26H28O9S. The molecule has 0 aromatic heterocycles. The van der Waals surface area contributed by atoms with Crippen molar-refractivity contribution in [3.63, 3.8) is 0 Å². The average Bonchev–Trinajstić information content (AvgIpc) is 2.90. The van der Waals surface area contributed by atoms with E-state index >= 15 is 0 Å². The second-order valence-electron chi connectivity index (χ2n) is 8.16. The molecule has 36 heavy (non-hydrogen) atoms. The zero-order chi connectivity index (χ0) is 26.4. The standard InChI is InChI=1S/C26H28O9S/c1-19(27)25(30,34-17-20-11-5-2-6-12-20)26(31,35-18-21-13-7-3-8-14-21)23(28)24(29)36(32,33)22-15-9-4-10-16-22/h2-16,19,23,27-28,30-31H,17-18H2,1H3. The molecule has 0 saturated heterocycles. The van der Waals surface area contributed by atoms with Crippen molar-refractivity contribution >= 4 is 15.0 Å². The van der Waals surface area contributed by atoms with Gasteiger partial charge in [-0.3, -0.25) is 4.79 Å². The fraction of sp³-hybridized carbons (Fsp3) is 0.269. The Morgan fingerprint density at radius 3 is 1.56 bits per heavy atom. The van der Waals surface area contributed by atoms with Crippen molar-refractivity contribution in [1.29, 1.82) is 0 Å². The van der Waals surface area contributed by atoms with Crippen molar-refractivity contribution in [2.24, 2.45) is 0 Å². The van der Waals surface area contributed by atoms with Crippen LogP contribution in [0.4, 0.5) is 0 Å². The number of ether oxygens (including phenoxy) is 2. The van der Waals surface area contributed by atoms with E-state index in [1.165, 1.54) is 18.2 Å². The van der Waals surface area contributed by atoms with Crippen molar-refractivity contribution < 1.29 is 43.1 Å². The largest absolute Gasteiger partial charge is 0.388 e. The predicted molar refractivity (Wildman–Crippen MR) is 129 cm³/mol. The Labute approximate surface area is 209 Å². The first-order chi connectivity index (χ1) is 17.0. The third kappa shape index (κ3) is 5.71. The van der Waals surface area contributed by atoms with Crippen molar-refractivity contribution in [2.75, 3.05) is 0 Å². The van der Waals surface area contributed by atoms with Gasteiger partial charge in [-0.2, -0.15) is 0 Å². The Kier molecular flexibility index (Phi) is 8.75. The van der Waals surface area contributed by atoms with Crippen LogP contribution in [0.3, 0.4) is 0 Å². The van der Waals surface area contributed by atoms with Gasteiger partial charge in [0, 0.05) is 0 Å². The van der Waals surface area contributed by atoms with Crippen molar-refractivity contribution in [1.82, 2.24) is 0 Å². The van der Waals surface area contributed by atoms with Crippen LogP contribution in [-0.2, 0) is 37.3 Å². The van der Waals surface area contributed by atoms with Crippen molar-refractivity contribution in [3.8, 4) is 0 Å². The van der Waals surface area contributed by atoms with Crippen LogP contribution in [0.15, 0.2) is 95.9 Å². The van der Waals surface area contributed by atoms with Crippen LogP contribution in [0.1, 0.15) is 18.1 Å². The van der Waals surface area contributed by atoms with Gasteiger partial charge in [-0.25, -0.2) is 8.42 Å². The van der Waals surface area contributed by atoms with E-state index in [4.69, 9.17) is 9.47 Å². The fourth-order valence-electron chi connectivity index (χ4n) is 3.46. The lowest BCUT2D eigenvalue weighted by atomic mass is 9.94. The van der Waals surface area contributed by atoms with Crippen molar-refractivity contribution in [2.45, 2.75) is 48.8 Å². The number of aliphatic hydroxyl groups excluding tert-OH is 2. The van der Waals surface area contributed by atoms with Crippen LogP contribution in [0.25, 0.3) is 0 Å². The van der Waals surface area contributed by atoms with E-state index in [0.717, 1.165) is 19.1 Å². The number of carbonyl (C=O) groups is 1. The van der Waals surface area contributed by atoms with Gasteiger partial charge >= 0.3 is 0 Å². The Morgan fingerprint density at radius 2 is 1.14 bits per heavy atom. The predicted octanol–water partition coefficient (Wildman–Crippen LogP) is 1.54. The number of benzene rings is 3. The highest BCUT2D eigenvalue weighted by Crippen LogP contribution is 2.36. The molecule has 0 amide bonds. The molecule has 3 aromatic rings. The molecule has 3 rings (SSSR count). The van der Waals surface area contributed by atoms with Crippen LogP contribution in [0.2, 0.25) is 0 Å². The zero-order valence-corrected chi connectivity index (χ0v) is 20.3. The molecule has 0 aliphatic heterocycles. The number of rotatable bonds is 11. The summed E-state index contributed by atoms with van der Waals surface area (Å²) in [6.45, 7) is 0.174. The Hall–Kier alpha value is -2.96. The minimum absolute atomic E-state index is 0.383. The summed E-state index contributed by atoms with van der Waals surface area (Å²) in [6.07, 6.45) is -4.83. The number of carbonyl (C=O) groups excluding carboxylic acids is 1. The maximum Gasteiger partial charge on any atom is 0.285 e. The molecule has 4 unspecified atom stereocenters. The minimum atomic E-state index is -4.83. The number of hydrogen-bond acceptors (Lipinski definition) is 9. The van der Waals surface area contributed by atoms with E-state index in [-0.39, 0.29) is 6.61 Å². The lowest BCUT2D eigenvalue weighted by Crippen LogP contribution is -2.70. The van der Waals surface area contributed by atoms with E-state index in [2.05, 4.69) is 0 Å². The molecule has 0 spiro atoms. The maximum atomic E-state index is 13.0. The van der Waals surface area contributed by atoms with Gasteiger partial charge in [-0.15, -0.1) is 0 Å². The van der Waals surface area contributed by atoms with E-state index in [1.807, 2.05) is 0 Å². The minimum Gasteiger partial charge on any atom is -0.388 e. The van der Waals surface area contributed by atoms with Gasteiger partial charge in [0.15, 0.2) is 6.10 Å². The highest BCUT2D eigenvalue weighted by molar-refractivity contribution is 8.06. The normalized spacial score (nSPS) is 16.9. The summed E-state index contributed by atoms with van der Waals surface area (Å²) in [7, 11) is -4.83. The molecule has 0 fully saturated rings. The van der Waals surface area contributed by atoms with Crippen LogP contribution < -0.4 is 0 Å². The van der Waals surface area contributed by atoms with Gasteiger partial charge in [-0.05, 0) is 30.2 Å². The number of aliphatic hydroxyl groups is 4. The molecule has 4 atom stereocenters. The second-order valence-corrected chi connectivity index (χ2v) is 10.0. The summed E-state index contributed by atoms with van der Waals surface area (Å²) in [5, 5.41) is 42.4. The summed E-state index contributed by atoms with van der Waals surface area (Å²) in [5.74, 6) is -6.55. The Balaban J connectivity index is 2.02. The van der Waals surface area contributed by atoms with E-state index in [9.17, 15) is 33.6 Å². The topological polar surface area (TPSA) is 151 Å². The molecule has 0 aliphatic rings. The number of sulfone groups is 1. The van der Waals surface area contributed by atoms with Crippen LogP contribution in [0.5, 0.6) is 0 Å². The summed E-state index contributed by atoms with van der Waals surface area (Å²) in [4.78, 5) is 12.6. The highest BCUT2D eigenvalue weighted by atomic mass is 32.2. The SMILES string of the molecule is CC(O)C(O)(OCc1ccccc1)C(O)(OCc1ccccc1)C(O)C(=O)S(=O)(=O)c1ccccc1. The summed E-state index contributed by atoms with van der Waals surface area (Å²) in [6, 6.07) is 23.2. The lowest BCUT2D eigenvalue weighted by Gasteiger charge is -2.45. The first kappa shape index (κ1) is 27.6. The summed E-state index contributed by atoms with van der Waals surface area (Å²) in [5.41, 5.74) is 0.970. The Morgan fingerprint density at radius 1 is 0.750 bits per heavy atom. The molecule has 0 aliphatic carbocycles. The molecule has 192 valence electrons. The van der Waals surface area contributed by atoms with E-state index in [1.54, 1.807) is 60.7 Å². The van der Waals surface area contributed by atoms with E-state index < -0.39 is 50.2 Å². The Bertz CT molecular complexity index is 1230. The van der Waals surface area contributed by atoms with Gasteiger partial charge in [0.25, 0.3) is 16.7 Å². The summed E-state index contributed by atoms with van der Waals surface area (Å²) >= 11 is 0. The molecule has 0 saturated carbocycles. The number of hydrogen-bond donors (Lipinski definition) is 4. The van der Waals surface area contributed by atoms with Crippen LogP contribution in [0, 0.1) is 0 Å². The summed E-state index contributed by atoms with van der Waals surface area (Å²) < 4.78 is 36.7. The lowest BCUT2D eigenvalue weighted by molar-refractivity contribution is -0.429. The van der Waals surface area contributed by atoms with Crippen LogP contribution in [-0.4, -0.2) is 57.7 Å². The molecular weight excluding hydrogens is 488 g/mol. The monoisotopic (exact) mass is 516 g/mol. The van der Waals surface area contributed by atoms with Gasteiger partial charge in [0.2, 0.25) is 9.84 Å². The molecule has 4 N–H and O–H groups in total. The smallest absolute Gasteiger partial charge is 0.285 e. The van der Waals surface area contributed by atoms with E-state index in [0.29, 0.717) is 11.1 Å². The molecule has 0 heterocycles. The highest BCUT2D eigenvalue weighted by Gasteiger charge is 2.63. The second kappa shape index (κ2) is 11.4. The average molecular weight is 517 g/mol. The third-order valence-electron chi connectivity index (χ3n) is 5.60. The molecule has 9 nitrogen and oxygen atoms in total.